The number of aryl methyl sites for hydroxylation is 2. The zero-order valence-electron chi connectivity index (χ0n) is 15.2. The van der Waals surface area contributed by atoms with Gasteiger partial charge in [-0.05, 0) is 31.5 Å². The van der Waals surface area contributed by atoms with Gasteiger partial charge < -0.3 is 14.3 Å². The molecule has 0 bridgehead atoms. The summed E-state index contributed by atoms with van der Waals surface area (Å²) in [4.78, 5) is 37.7. The summed E-state index contributed by atoms with van der Waals surface area (Å²) in [5, 5.41) is 0.441. The molecule has 138 valence electrons. The summed E-state index contributed by atoms with van der Waals surface area (Å²) in [7, 11) is 1.94. The number of para-hydroxylation sites is 2. The molecule has 0 saturated heterocycles. The summed E-state index contributed by atoms with van der Waals surface area (Å²) in [6, 6.07) is 7.85. The Morgan fingerprint density at radius 1 is 1.30 bits per heavy atom. The maximum atomic E-state index is 12.6. The van der Waals surface area contributed by atoms with Crippen LogP contribution in [0.25, 0.3) is 21.3 Å². The molecule has 0 amide bonds. The lowest BCUT2D eigenvalue weighted by molar-refractivity contribution is 0.0531. The molecule has 8 heteroatoms. The third kappa shape index (κ3) is 2.91. The highest BCUT2D eigenvalue weighted by Gasteiger charge is 2.20. The number of ether oxygens (including phenoxy) is 1. The standard InChI is InChI=1S/C19H18N4O3S/c1-4-26-19(25)16-10(2)15-17(24)21-13(22-18(15)27-16)9-14-20-11-7-5-6-8-12(11)23(14)3/h5-8H,4,9H2,1-3H3,(H,21,22,24). The van der Waals surface area contributed by atoms with Crippen molar-refractivity contribution in [2.75, 3.05) is 6.61 Å². The van der Waals surface area contributed by atoms with E-state index in [9.17, 15) is 9.59 Å². The summed E-state index contributed by atoms with van der Waals surface area (Å²) < 4.78 is 7.06. The van der Waals surface area contributed by atoms with E-state index in [1.165, 1.54) is 11.3 Å². The lowest BCUT2D eigenvalue weighted by Gasteiger charge is -2.02. The molecule has 0 saturated carbocycles. The number of carbonyl (C=O) groups excluding carboxylic acids is 1. The summed E-state index contributed by atoms with van der Waals surface area (Å²) in [5.41, 5.74) is 2.28. The average Bonchev–Trinajstić information content (AvgIpc) is 3.13. The minimum absolute atomic E-state index is 0.252. The molecule has 4 aromatic rings. The smallest absolute Gasteiger partial charge is 0.348 e. The van der Waals surface area contributed by atoms with Gasteiger partial charge in [-0.15, -0.1) is 11.3 Å². The first-order valence-corrected chi connectivity index (χ1v) is 9.41. The number of carbonyl (C=O) groups is 1. The van der Waals surface area contributed by atoms with Gasteiger partial charge in [0, 0.05) is 7.05 Å². The minimum atomic E-state index is -0.422. The van der Waals surface area contributed by atoms with Crippen LogP contribution < -0.4 is 5.56 Å². The molecule has 0 atom stereocenters. The van der Waals surface area contributed by atoms with Crippen LogP contribution in [0.1, 0.15) is 33.8 Å². The normalized spacial score (nSPS) is 11.4. The van der Waals surface area contributed by atoms with Crippen molar-refractivity contribution in [2.24, 2.45) is 7.05 Å². The number of H-pyrrole nitrogens is 1. The first-order chi connectivity index (χ1) is 13.0. The van der Waals surface area contributed by atoms with E-state index in [0.717, 1.165) is 16.9 Å². The molecular weight excluding hydrogens is 364 g/mol. The van der Waals surface area contributed by atoms with Crippen LogP contribution in [-0.4, -0.2) is 32.1 Å². The van der Waals surface area contributed by atoms with Gasteiger partial charge in [0.05, 0.1) is 29.4 Å². The third-order valence-corrected chi connectivity index (χ3v) is 5.68. The van der Waals surface area contributed by atoms with Crippen LogP contribution in [0.3, 0.4) is 0 Å². The number of aromatic nitrogens is 4. The molecule has 0 spiro atoms. The number of fused-ring (bicyclic) bond motifs is 2. The van der Waals surface area contributed by atoms with Gasteiger partial charge >= 0.3 is 5.97 Å². The zero-order chi connectivity index (χ0) is 19.1. The first kappa shape index (κ1) is 17.4. The number of hydrogen-bond acceptors (Lipinski definition) is 6. The molecule has 0 unspecified atom stereocenters. The van der Waals surface area contributed by atoms with Crippen LogP contribution in [0.2, 0.25) is 0 Å². The van der Waals surface area contributed by atoms with Gasteiger partial charge in [0.25, 0.3) is 5.56 Å². The monoisotopic (exact) mass is 382 g/mol. The maximum Gasteiger partial charge on any atom is 0.348 e. The van der Waals surface area contributed by atoms with Crippen molar-refractivity contribution >= 4 is 38.6 Å². The van der Waals surface area contributed by atoms with Crippen LogP contribution in [0.4, 0.5) is 0 Å². The zero-order valence-corrected chi connectivity index (χ0v) is 16.0. The molecule has 4 rings (SSSR count). The summed E-state index contributed by atoms with van der Waals surface area (Å²) in [6.45, 7) is 3.78. The quantitative estimate of drug-likeness (QED) is 0.548. The van der Waals surface area contributed by atoms with Gasteiger partial charge in [0.1, 0.15) is 21.4 Å². The SMILES string of the molecule is CCOC(=O)c1sc2nc(Cc3nc4ccccc4n3C)[nH]c(=O)c2c1C. The Labute approximate surface area is 158 Å². The predicted octanol–water partition coefficient (Wildman–Crippen LogP) is 2.95. The van der Waals surface area contributed by atoms with E-state index in [-0.39, 0.29) is 12.2 Å². The maximum absolute atomic E-state index is 12.6. The largest absolute Gasteiger partial charge is 0.462 e. The fraction of sp³-hybridized carbons (Fsp3) is 0.263. The molecule has 0 aliphatic carbocycles. The molecule has 0 radical (unpaired) electrons. The second-order valence-corrected chi connectivity index (χ2v) is 7.22. The van der Waals surface area contributed by atoms with E-state index in [4.69, 9.17) is 4.74 Å². The molecule has 3 heterocycles. The van der Waals surface area contributed by atoms with Crippen molar-refractivity contribution in [1.29, 1.82) is 0 Å². The minimum Gasteiger partial charge on any atom is -0.462 e. The number of nitrogens with one attached hydrogen (secondary N) is 1. The number of benzene rings is 1. The molecular formula is C19H18N4O3S. The second-order valence-electron chi connectivity index (χ2n) is 6.22. The summed E-state index contributed by atoms with van der Waals surface area (Å²) >= 11 is 1.19. The van der Waals surface area contributed by atoms with Gasteiger partial charge in [-0.25, -0.2) is 14.8 Å². The topological polar surface area (TPSA) is 89.9 Å². The first-order valence-electron chi connectivity index (χ1n) is 8.59. The Kier molecular flexibility index (Phi) is 4.27. The van der Waals surface area contributed by atoms with Crippen LogP contribution in [0.15, 0.2) is 29.1 Å². The van der Waals surface area contributed by atoms with Crippen molar-refractivity contribution in [1.82, 2.24) is 19.5 Å². The van der Waals surface area contributed by atoms with Crippen molar-refractivity contribution in [2.45, 2.75) is 20.3 Å². The second kappa shape index (κ2) is 6.62. The fourth-order valence-electron chi connectivity index (χ4n) is 3.17. The summed E-state index contributed by atoms with van der Waals surface area (Å²) in [5.74, 6) is 0.898. The van der Waals surface area contributed by atoms with E-state index >= 15 is 0 Å². The van der Waals surface area contributed by atoms with Crippen molar-refractivity contribution in [3.8, 4) is 0 Å². The Bertz CT molecular complexity index is 1240. The van der Waals surface area contributed by atoms with Crippen LogP contribution in [0, 0.1) is 6.92 Å². The average molecular weight is 382 g/mol. The van der Waals surface area contributed by atoms with E-state index in [1.807, 2.05) is 35.9 Å². The van der Waals surface area contributed by atoms with Gasteiger partial charge in [0.2, 0.25) is 0 Å². The molecule has 1 aromatic carbocycles. The van der Waals surface area contributed by atoms with Crippen LogP contribution in [0.5, 0.6) is 0 Å². The molecule has 0 fully saturated rings. The number of thiophene rings is 1. The number of imidazole rings is 1. The van der Waals surface area contributed by atoms with Gasteiger partial charge in [-0.3, -0.25) is 4.79 Å². The summed E-state index contributed by atoms with van der Waals surface area (Å²) in [6.07, 6.45) is 0.391. The van der Waals surface area contributed by atoms with Crippen LogP contribution in [-0.2, 0) is 18.2 Å². The van der Waals surface area contributed by atoms with Crippen LogP contribution >= 0.6 is 11.3 Å². The van der Waals surface area contributed by atoms with Crippen molar-refractivity contribution in [3.05, 3.63) is 56.7 Å². The van der Waals surface area contributed by atoms with Crippen molar-refractivity contribution < 1.29 is 9.53 Å². The van der Waals surface area contributed by atoms with E-state index in [2.05, 4.69) is 15.0 Å². The fourth-order valence-corrected chi connectivity index (χ4v) is 4.26. The van der Waals surface area contributed by atoms with Gasteiger partial charge in [0.15, 0.2) is 0 Å². The van der Waals surface area contributed by atoms with E-state index < -0.39 is 5.97 Å². The predicted molar refractivity (Wildman–Crippen MR) is 104 cm³/mol. The van der Waals surface area contributed by atoms with Gasteiger partial charge in [-0.1, -0.05) is 12.1 Å². The highest BCUT2D eigenvalue weighted by molar-refractivity contribution is 7.20. The Morgan fingerprint density at radius 3 is 2.81 bits per heavy atom. The lowest BCUT2D eigenvalue weighted by atomic mass is 10.2. The molecule has 0 aliphatic heterocycles. The van der Waals surface area contributed by atoms with Crippen molar-refractivity contribution in [3.63, 3.8) is 0 Å². The molecule has 1 N–H and O–H groups in total. The Balaban J connectivity index is 1.77. The number of aromatic amines is 1. The highest BCUT2D eigenvalue weighted by atomic mass is 32.1. The number of hydrogen-bond donors (Lipinski definition) is 1. The van der Waals surface area contributed by atoms with E-state index in [0.29, 0.717) is 32.9 Å². The lowest BCUT2D eigenvalue weighted by Crippen LogP contribution is -2.13. The molecule has 7 nitrogen and oxygen atoms in total. The Morgan fingerprint density at radius 2 is 2.07 bits per heavy atom. The number of rotatable bonds is 4. The Hall–Kier alpha value is -3.00. The molecule has 0 aliphatic rings. The van der Waals surface area contributed by atoms with Gasteiger partial charge in [-0.2, -0.15) is 0 Å². The highest BCUT2D eigenvalue weighted by Crippen LogP contribution is 2.28. The number of nitrogens with zero attached hydrogens (tertiary/aromatic N) is 3. The molecule has 3 aromatic heterocycles. The number of esters is 1. The third-order valence-electron chi connectivity index (χ3n) is 4.52. The van der Waals surface area contributed by atoms with E-state index in [1.54, 1.807) is 13.8 Å². The molecule has 27 heavy (non-hydrogen) atoms.